The molecule has 0 aromatic heterocycles. The molecule has 2 atom stereocenters. The fourth-order valence-corrected chi connectivity index (χ4v) is 3.27. The Kier molecular flexibility index (Phi) is 3.61. The molecule has 0 radical (unpaired) electrons. The molecular formula is C13H25N3O. The predicted molar refractivity (Wildman–Crippen MR) is 69.0 cm³/mol. The van der Waals surface area contributed by atoms with Crippen LogP contribution in [0.3, 0.4) is 0 Å². The standard InChI is InChI=1S/C13H25N3O/c1-10(2)9-15-7-5-12-11(15)6-8-16(12)13(17)14(3)4/h10-12H,5-9H2,1-4H3/t11-,12+/m0/s1. The van der Waals surface area contributed by atoms with E-state index in [0.29, 0.717) is 18.0 Å². The van der Waals surface area contributed by atoms with Crippen LogP contribution in [0.1, 0.15) is 26.7 Å². The smallest absolute Gasteiger partial charge is 0.319 e. The maximum absolute atomic E-state index is 12.0. The Morgan fingerprint density at radius 1 is 1.24 bits per heavy atom. The lowest BCUT2D eigenvalue weighted by molar-refractivity contribution is 0.162. The maximum atomic E-state index is 12.0. The molecule has 2 fully saturated rings. The average molecular weight is 239 g/mol. The van der Waals surface area contributed by atoms with Gasteiger partial charge in [0.25, 0.3) is 0 Å². The molecular weight excluding hydrogens is 214 g/mol. The van der Waals surface area contributed by atoms with Crippen LogP contribution in [0.2, 0.25) is 0 Å². The summed E-state index contributed by atoms with van der Waals surface area (Å²) in [5.41, 5.74) is 0. The minimum absolute atomic E-state index is 0.184. The quantitative estimate of drug-likeness (QED) is 0.729. The number of urea groups is 1. The predicted octanol–water partition coefficient (Wildman–Crippen LogP) is 1.47. The lowest BCUT2D eigenvalue weighted by Gasteiger charge is -2.28. The van der Waals surface area contributed by atoms with Crippen molar-refractivity contribution >= 4 is 6.03 Å². The molecule has 2 aliphatic rings. The molecule has 0 unspecified atom stereocenters. The van der Waals surface area contributed by atoms with Crippen molar-refractivity contribution in [3.8, 4) is 0 Å². The third-order valence-electron chi connectivity index (χ3n) is 3.92. The SMILES string of the molecule is CC(C)CN1CC[C@@H]2[C@@H]1CCN2C(=O)N(C)C. The summed E-state index contributed by atoms with van der Waals surface area (Å²) in [4.78, 5) is 18.4. The number of likely N-dealkylation sites (tertiary alicyclic amines) is 2. The lowest BCUT2D eigenvalue weighted by atomic mass is 10.1. The highest BCUT2D eigenvalue weighted by atomic mass is 16.2. The largest absolute Gasteiger partial charge is 0.331 e. The molecule has 0 bridgehead atoms. The molecule has 17 heavy (non-hydrogen) atoms. The van der Waals surface area contributed by atoms with Crippen LogP contribution in [0.4, 0.5) is 4.79 Å². The molecule has 0 saturated carbocycles. The molecule has 0 aromatic carbocycles. The van der Waals surface area contributed by atoms with Gasteiger partial charge in [0.15, 0.2) is 0 Å². The summed E-state index contributed by atoms with van der Waals surface area (Å²) in [6.07, 6.45) is 2.30. The van der Waals surface area contributed by atoms with E-state index in [1.165, 1.54) is 6.54 Å². The maximum Gasteiger partial charge on any atom is 0.319 e. The van der Waals surface area contributed by atoms with Gasteiger partial charge in [-0.3, -0.25) is 4.90 Å². The zero-order valence-corrected chi connectivity index (χ0v) is 11.5. The minimum Gasteiger partial charge on any atom is -0.331 e. The summed E-state index contributed by atoms with van der Waals surface area (Å²) in [5.74, 6) is 0.715. The molecule has 4 nitrogen and oxygen atoms in total. The first-order valence-corrected chi connectivity index (χ1v) is 6.72. The number of fused-ring (bicyclic) bond motifs is 1. The van der Waals surface area contributed by atoms with Gasteiger partial charge in [-0.2, -0.15) is 0 Å². The first-order chi connectivity index (χ1) is 8.00. The van der Waals surface area contributed by atoms with Crippen LogP contribution in [-0.2, 0) is 0 Å². The van der Waals surface area contributed by atoms with Crippen LogP contribution in [0.15, 0.2) is 0 Å². The van der Waals surface area contributed by atoms with Gasteiger partial charge in [0.05, 0.1) is 6.04 Å². The van der Waals surface area contributed by atoms with E-state index in [1.54, 1.807) is 4.90 Å². The van der Waals surface area contributed by atoms with Crippen molar-refractivity contribution in [3.63, 3.8) is 0 Å². The van der Waals surface area contributed by atoms with Gasteiger partial charge in [0, 0.05) is 39.8 Å². The van der Waals surface area contributed by atoms with Crippen LogP contribution in [0.5, 0.6) is 0 Å². The van der Waals surface area contributed by atoms with E-state index in [9.17, 15) is 4.79 Å². The van der Waals surface area contributed by atoms with E-state index in [0.717, 1.165) is 25.9 Å². The zero-order valence-electron chi connectivity index (χ0n) is 11.5. The Labute approximate surface area is 105 Å². The molecule has 0 aromatic rings. The summed E-state index contributed by atoms with van der Waals surface area (Å²) < 4.78 is 0. The highest BCUT2D eigenvalue weighted by Gasteiger charge is 2.44. The van der Waals surface area contributed by atoms with Gasteiger partial charge in [-0.05, 0) is 18.8 Å². The van der Waals surface area contributed by atoms with Crippen LogP contribution in [0.25, 0.3) is 0 Å². The van der Waals surface area contributed by atoms with E-state index in [1.807, 2.05) is 14.1 Å². The van der Waals surface area contributed by atoms with E-state index in [2.05, 4.69) is 23.6 Å². The summed E-state index contributed by atoms with van der Waals surface area (Å²) in [6.45, 7) is 7.80. The fraction of sp³-hybridized carbons (Fsp3) is 0.923. The van der Waals surface area contributed by atoms with Crippen LogP contribution >= 0.6 is 0 Å². The third kappa shape index (κ3) is 2.41. The van der Waals surface area contributed by atoms with Crippen molar-refractivity contribution in [2.75, 3.05) is 33.7 Å². The fourth-order valence-electron chi connectivity index (χ4n) is 3.27. The Morgan fingerprint density at radius 3 is 2.47 bits per heavy atom. The average Bonchev–Trinajstić information content (AvgIpc) is 2.79. The van der Waals surface area contributed by atoms with Gasteiger partial charge in [0.2, 0.25) is 0 Å². The van der Waals surface area contributed by atoms with Crippen molar-refractivity contribution < 1.29 is 4.79 Å². The number of carbonyl (C=O) groups excluding carboxylic acids is 1. The van der Waals surface area contributed by atoms with Crippen molar-refractivity contribution in [1.29, 1.82) is 0 Å². The van der Waals surface area contributed by atoms with Gasteiger partial charge in [-0.25, -0.2) is 4.79 Å². The van der Waals surface area contributed by atoms with E-state index >= 15 is 0 Å². The van der Waals surface area contributed by atoms with Gasteiger partial charge < -0.3 is 9.80 Å². The molecule has 2 aliphatic heterocycles. The van der Waals surface area contributed by atoms with E-state index < -0.39 is 0 Å². The molecule has 2 amide bonds. The second-order valence-electron chi connectivity index (χ2n) is 5.97. The molecule has 0 aliphatic carbocycles. The van der Waals surface area contributed by atoms with Gasteiger partial charge in [0.1, 0.15) is 0 Å². The molecule has 98 valence electrons. The highest BCUT2D eigenvalue weighted by Crippen LogP contribution is 2.32. The number of amides is 2. The zero-order chi connectivity index (χ0) is 12.6. The number of nitrogens with zero attached hydrogens (tertiary/aromatic N) is 3. The number of carbonyl (C=O) groups is 1. The van der Waals surface area contributed by atoms with Crippen molar-refractivity contribution in [1.82, 2.24) is 14.7 Å². The normalized spacial score (nSPS) is 28.9. The van der Waals surface area contributed by atoms with Crippen molar-refractivity contribution in [2.24, 2.45) is 5.92 Å². The Bertz CT molecular complexity index is 290. The van der Waals surface area contributed by atoms with Crippen LogP contribution in [-0.4, -0.2) is 66.5 Å². The van der Waals surface area contributed by atoms with Gasteiger partial charge in [-0.1, -0.05) is 13.8 Å². The number of rotatable bonds is 2. The highest BCUT2D eigenvalue weighted by molar-refractivity contribution is 5.74. The molecule has 2 saturated heterocycles. The third-order valence-corrected chi connectivity index (χ3v) is 3.92. The summed E-state index contributed by atoms with van der Waals surface area (Å²) >= 11 is 0. The van der Waals surface area contributed by atoms with Crippen LogP contribution < -0.4 is 0 Å². The summed E-state index contributed by atoms with van der Waals surface area (Å²) in [6, 6.07) is 1.26. The minimum atomic E-state index is 0.184. The second kappa shape index (κ2) is 4.84. The lowest BCUT2D eigenvalue weighted by Crippen LogP contribution is -2.44. The van der Waals surface area contributed by atoms with Crippen molar-refractivity contribution in [3.05, 3.63) is 0 Å². The molecule has 0 N–H and O–H groups in total. The van der Waals surface area contributed by atoms with E-state index in [4.69, 9.17) is 0 Å². The second-order valence-corrected chi connectivity index (χ2v) is 5.97. The Hall–Kier alpha value is -0.770. The van der Waals surface area contributed by atoms with Gasteiger partial charge in [-0.15, -0.1) is 0 Å². The first kappa shape index (κ1) is 12.7. The van der Waals surface area contributed by atoms with Crippen LogP contribution in [0, 0.1) is 5.92 Å². The monoisotopic (exact) mass is 239 g/mol. The number of hydrogen-bond donors (Lipinski definition) is 0. The topological polar surface area (TPSA) is 26.8 Å². The number of hydrogen-bond acceptors (Lipinski definition) is 2. The van der Waals surface area contributed by atoms with Crippen molar-refractivity contribution in [2.45, 2.75) is 38.8 Å². The molecule has 4 heteroatoms. The molecule has 0 spiro atoms. The summed E-state index contributed by atoms with van der Waals surface area (Å²) in [7, 11) is 3.69. The summed E-state index contributed by atoms with van der Waals surface area (Å²) in [5, 5.41) is 0. The van der Waals surface area contributed by atoms with Gasteiger partial charge >= 0.3 is 6.03 Å². The molecule has 2 rings (SSSR count). The molecule has 2 heterocycles. The first-order valence-electron chi connectivity index (χ1n) is 6.72. The van der Waals surface area contributed by atoms with E-state index in [-0.39, 0.29) is 6.03 Å². The Balaban J connectivity index is 1.99. The Morgan fingerprint density at radius 2 is 1.88 bits per heavy atom.